The van der Waals surface area contributed by atoms with Crippen LogP contribution < -0.4 is 15.8 Å². The fourth-order valence-electron chi connectivity index (χ4n) is 4.11. The fraction of sp³-hybridized carbons (Fsp3) is 0.632. The van der Waals surface area contributed by atoms with Crippen molar-refractivity contribution in [3.63, 3.8) is 0 Å². The molecule has 4 heteroatoms. The molecule has 1 fully saturated rings. The maximum absolute atomic E-state index is 12.8. The third kappa shape index (κ3) is 2.48. The minimum Gasteiger partial charge on any atom is -0.487 e. The van der Waals surface area contributed by atoms with Crippen LogP contribution in [-0.4, -0.2) is 11.5 Å². The van der Waals surface area contributed by atoms with E-state index in [1.54, 1.807) is 0 Å². The molecule has 1 heterocycles. The number of benzene rings is 1. The molecule has 23 heavy (non-hydrogen) atoms. The summed E-state index contributed by atoms with van der Waals surface area (Å²) in [7, 11) is 0. The molecule has 3 rings (SSSR count). The number of carbonyl (C=O) groups is 1. The number of nitrogens with one attached hydrogen (secondary N) is 1. The zero-order chi connectivity index (χ0) is 17.2. The summed E-state index contributed by atoms with van der Waals surface area (Å²) in [6, 6.07) is 5.60. The maximum Gasteiger partial charge on any atom is 0.224 e. The molecule has 3 N–H and O–H groups in total. The second-order valence-electron chi connectivity index (χ2n) is 8.80. The first kappa shape index (κ1) is 16.2. The Bertz CT molecular complexity index is 647. The molecule has 0 aromatic heterocycles. The van der Waals surface area contributed by atoms with E-state index in [1.807, 2.05) is 18.2 Å². The summed E-state index contributed by atoms with van der Waals surface area (Å²) in [5, 5.41) is 3.26. The van der Waals surface area contributed by atoms with E-state index in [4.69, 9.17) is 10.5 Å². The lowest BCUT2D eigenvalue weighted by Gasteiger charge is -2.38. The van der Waals surface area contributed by atoms with Gasteiger partial charge in [0, 0.05) is 23.6 Å². The molecule has 1 saturated carbocycles. The van der Waals surface area contributed by atoms with Crippen molar-refractivity contribution in [3.8, 4) is 5.75 Å². The molecule has 0 spiro atoms. The zero-order valence-electron chi connectivity index (χ0n) is 15.0. The quantitative estimate of drug-likeness (QED) is 0.818. The number of anilines is 1. The number of nitrogens with two attached hydrogens (primary N) is 1. The van der Waals surface area contributed by atoms with Crippen LogP contribution in [0.3, 0.4) is 0 Å². The molecule has 1 aliphatic heterocycles. The van der Waals surface area contributed by atoms with Crippen LogP contribution in [0.15, 0.2) is 18.2 Å². The number of fused-ring (bicyclic) bond motifs is 1. The second-order valence-corrected chi connectivity index (χ2v) is 8.80. The highest BCUT2D eigenvalue weighted by molar-refractivity contribution is 5.84. The third-order valence-corrected chi connectivity index (χ3v) is 6.09. The Morgan fingerprint density at radius 2 is 1.78 bits per heavy atom. The molecule has 1 aliphatic carbocycles. The number of ether oxygens (including phenoxy) is 1. The Balaban J connectivity index is 1.86. The standard InChI is InChI=1S/C19H28N2O2/c1-17(2)10-13(12-9-11(20)7-8-14(12)23-17)21-16(22)15-18(3,4)19(15,5)6/h7-9,13,15H,10,20H2,1-6H3,(H,21,22). The number of amides is 1. The molecule has 1 amide bonds. The van der Waals surface area contributed by atoms with Crippen molar-refractivity contribution in [2.24, 2.45) is 16.7 Å². The van der Waals surface area contributed by atoms with Crippen LogP contribution in [0.4, 0.5) is 5.69 Å². The van der Waals surface area contributed by atoms with Crippen molar-refractivity contribution in [3.05, 3.63) is 23.8 Å². The first-order valence-corrected chi connectivity index (χ1v) is 8.34. The van der Waals surface area contributed by atoms with E-state index in [0.717, 1.165) is 17.7 Å². The van der Waals surface area contributed by atoms with Crippen molar-refractivity contribution >= 4 is 11.6 Å². The Kier molecular flexibility index (Phi) is 3.27. The normalized spacial score (nSPS) is 26.8. The van der Waals surface area contributed by atoms with E-state index in [2.05, 4.69) is 46.9 Å². The molecule has 2 aliphatic rings. The molecular formula is C19H28N2O2. The van der Waals surface area contributed by atoms with E-state index in [-0.39, 0.29) is 34.3 Å². The molecule has 1 aromatic carbocycles. The predicted octanol–water partition coefficient (Wildman–Crippen LogP) is 3.67. The van der Waals surface area contributed by atoms with E-state index in [9.17, 15) is 4.79 Å². The van der Waals surface area contributed by atoms with Gasteiger partial charge in [-0.3, -0.25) is 4.79 Å². The Morgan fingerprint density at radius 3 is 2.35 bits per heavy atom. The second kappa shape index (κ2) is 4.65. The molecule has 0 bridgehead atoms. The molecule has 1 unspecified atom stereocenters. The molecule has 1 atom stereocenters. The van der Waals surface area contributed by atoms with Crippen LogP contribution in [-0.2, 0) is 4.79 Å². The van der Waals surface area contributed by atoms with Crippen molar-refractivity contribution in [2.75, 3.05) is 5.73 Å². The van der Waals surface area contributed by atoms with Gasteiger partial charge in [-0.25, -0.2) is 0 Å². The monoisotopic (exact) mass is 316 g/mol. The van der Waals surface area contributed by atoms with E-state index in [1.165, 1.54) is 0 Å². The summed E-state index contributed by atoms with van der Waals surface area (Å²) in [6.45, 7) is 12.8. The minimum atomic E-state index is -0.310. The Morgan fingerprint density at radius 1 is 1.17 bits per heavy atom. The summed E-state index contributed by atoms with van der Waals surface area (Å²) < 4.78 is 6.04. The lowest BCUT2D eigenvalue weighted by atomic mass is 9.89. The van der Waals surface area contributed by atoms with Crippen LogP contribution in [0.2, 0.25) is 0 Å². The lowest BCUT2D eigenvalue weighted by molar-refractivity contribution is -0.124. The molecule has 0 saturated heterocycles. The number of hydrogen-bond donors (Lipinski definition) is 2. The summed E-state index contributed by atoms with van der Waals surface area (Å²) in [4.78, 5) is 12.8. The van der Waals surface area contributed by atoms with Crippen LogP contribution >= 0.6 is 0 Å². The third-order valence-electron chi connectivity index (χ3n) is 6.09. The molecular weight excluding hydrogens is 288 g/mol. The summed E-state index contributed by atoms with van der Waals surface area (Å²) in [5.74, 6) is 0.997. The smallest absolute Gasteiger partial charge is 0.224 e. The van der Waals surface area contributed by atoms with Crippen molar-refractivity contribution in [2.45, 2.75) is 59.6 Å². The number of hydrogen-bond acceptors (Lipinski definition) is 3. The van der Waals surface area contributed by atoms with Gasteiger partial charge in [0.1, 0.15) is 11.4 Å². The first-order chi connectivity index (χ1) is 10.5. The average Bonchev–Trinajstić information content (AvgIpc) is 2.79. The van der Waals surface area contributed by atoms with Crippen molar-refractivity contribution < 1.29 is 9.53 Å². The highest BCUT2D eigenvalue weighted by Gasteiger charge is 2.68. The van der Waals surface area contributed by atoms with Gasteiger partial charge in [-0.15, -0.1) is 0 Å². The zero-order valence-corrected chi connectivity index (χ0v) is 15.0. The molecule has 126 valence electrons. The fourth-order valence-corrected chi connectivity index (χ4v) is 4.11. The van der Waals surface area contributed by atoms with Gasteiger partial charge < -0.3 is 15.8 Å². The SMILES string of the molecule is CC1(C)CC(NC(=O)C2C(C)(C)C2(C)C)c2cc(N)ccc2O1. The average molecular weight is 316 g/mol. The van der Waals surface area contributed by atoms with Gasteiger partial charge in [0.15, 0.2) is 0 Å². The molecule has 4 nitrogen and oxygen atoms in total. The predicted molar refractivity (Wildman–Crippen MR) is 92.1 cm³/mol. The minimum absolute atomic E-state index is 0.0380. The first-order valence-electron chi connectivity index (χ1n) is 8.34. The van der Waals surface area contributed by atoms with E-state index in [0.29, 0.717) is 5.69 Å². The molecule has 0 radical (unpaired) electrons. The Hall–Kier alpha value is -1.71. The van der Waals surface area contributed by atoms with Gasteiger partial charge in [0.05, 0.1) is 6.04 Å². The highest BCUT2D eigenvalue weighted by Crippen LogP contribution is 2.68. The van der Waals surface area contributed by atoms with Crippen molar-refractivity contribution in [1.29, 1.82) is 0 Å². The summed E-state index contributed by atoms with van der Waals surface area (Å²) in [6.07, 6.45) is 0.739. The van der Waals surface area contributed by atoms with Crippen LogP contribution in [0.1, 0.15) is 59.6 Å². The largest absolute Gasteiger partial charge is 0.487 e. The van der Waals surface area contributed by atoms with Crippen molar-refractivity contribution in [1.82, 2.24) is 5.32 Å². The van der Waals surface area contributed by atoms with E-state index >= 15 is 0 Å². The maximum atomic E-state index is 12.8. The highest BCUT2D eigenvalue weighted by atomic mass is 16.5. The van der Waals surface area contributed by atoms with E-state index < -0.39 is 0 Å². The summed E-state index contributed by atoms with van der Waals surface area (Å²) >= 11 is 0. The van der Waals surface area contributed by atoms with Gasteiger partial charge in [0.25, 0.3) is 0 Å². The van der Waals surface area contributed by atoms with Crippen LogP contribution in [0, 0.1) is 16.7 Å². The summed E-state index contributed by atoms with van der Waals surface area (Å²) in [5.41, 5.74) is 7.37. The van der Waals surface area contributed by atoms with Gasteiger partial charge >= 0.3 is 0 Å². The van der Waals surface area contributed by atoms with Crippen LogP contribution in [0.5, 0.6) is 5.75 Å². The van der Waals surface area contributed by atoms with Gasteiger partial charge in [-0.1, -0.05) is 27.7 Å². The number of carbonyl (C=O) groups excluding carboxylic acids is 1. The number of nitrogen functional groups attached to an aromatic ring is 1. The number of rotatable bonds is 2. The lowest BCUT2D eigenvalue weighted by Crippen LogP contribution is -2.42. The topological polar surface area (TPSA) is 64.4 Å². The molecule has 1 aromatic rings. The van der Waals surface area contributed by atoms with Gasteiger partial charge in [-0.05, 0) is 42.9 Å². The van der Waals surface area contributed by atoms with Gasteiger partial charge in [-0.2, -0.15) is 0 Å². The Labute approximate surface area is 138 Å². The van der Waals surface area contributed by atoms with Crippen LogP contribution in [0.25, 0.3) is 0 Å². The van der Waals surface area contributed by atoms with Gasteiger partial charge in [0.2, 0.25) is 5.91 Å².